The van der Waals surface area contributed by atoms with Gasteiger partial charge in [-0.3, -0.25) is 10.1 Å². The molecular formula is C14H18N2O5S. The number of urea groups is 1. The summed E-state index contributed by atoms with van der Waals surface area (Å²) >= 11 is 1.28. The van der Waals surface area contributed by atoms with Crippen molar-refractivity contribution >= 4 is 34.3 Å². The van der Waals surface area contributed by atoms with Gasteiger partial charge in [0.15, 0.2) is 0 Å². The van der Waals surface area contributed by atoms with Crippen molar-refractivity contribution in [2.75, 3.05) is 18.5 Å². The second-order valence-electron chi connectivity index (χ2n) is 4.91. The molecule has 0 radical (unpaired) electrons. The molecule has 0 unspecified atom stereocenters. The van der Waals surface area contributed by atoms with Crippen LogP contribution in [0.4, 0.5) is 9.80 Å². The van der Waals surface area contributed by atoms with Crippen LogP contribution in [0.1, 0.15) is 48.0 Å². The van der Waals surface area contributed by atoms with E-state index in [2.05, 4.69) is 10.6 Å². The molecule has 1 heterocycles. The summed E-state index contributed by atoms with van der Waals surface area (Å²) in [5.41, 5.74) is 1.34. The van der Waals surface area contributed by atoms with Crippen LogP contribution in [-0.2, 0) is 9.53 Å². The number of hydrogen-bond donors (Lipinski definition) is 3. The van der Waals surface area contributed by atoms with Gasteiger partial charge in [-0.1, -0.05) is 0 Å². The Morgan fingerprint density at radius 2 is 2.14 bits per heavy atom. The number of carboxylic acids is 1. The smallest absolute Gasteiger partial charge is 0.341 e. The van der Waals surface area contributed by atoms with Gasteiger partial charge in [-0.25, -0.2) is 9.59 Å². The summed E-state index contributed by atoms with van der Waals surface area (Å²) in [6.45, 7) is 2.02. The van der Waals surface area contributed by atoms with E-state index in [1.54, 1.807) is 6.92 Å². The molecule has 0 atom stereocenters. The summed E-state index contributed by atoms with van der Waals surface area (Å²) < 4.78 is 5.06. The quantitative estimate of drug-likeness (QED) is 0.667. The first-order valence-electron chi connectivity index (χ1n) is 7.08. The molecule has 1 saturated carbocycles. The monoisotopic (exact) mass is 326 g/mol. The minimum absolute atomic E-state index is 0.0246. The lowest BCUT2D eigenvalue weighted by Gasteiger charge is -2.09. The molecule has 0 bridgehead atoms. The van der Waals surface area contributed by atoms with E-state index in [1.807, 2.05) is 5.38 Å². The average molecular weight is 326 g/mol. The molecular weight excluding hydrogens is 308 g/mol. The average Bonchev–Trinajstić information content (AvgIpc) is 3.20. The Morgan fingerprint density at radius 3 is 2.73 bits per heavy atom. The number of thiophene rings is 1. The molecule has 1 aromatic rings. The molecule has 120 valence electrons. The molecule has 0 aromatic carbocycles. The van der Waals surface area contributed by atoms with Crippen molar-refractivity contribution in [1.82, 2.24) is 5.32 Å². The van der Waals surface area contributed by atoms with Crippen LogP contribution in [0.2, 0.25) is 0 Å². The van der Waals surface area contributed by atoms with Crippen LogP contribution in [-0.4, -0.2) is 36.2 Å². The minimum atomic E-state index is -0.986. The zero-order valence-electron chi connectivity index (χ0n) is 12.2. The number of anilines is 1. The predicted molar refractivity (Wildman–Crippen MR) is 81.5 cm³/mol. The van der Waals surface area contributed by atoms with Crippen molar-refractivity contribution in [3.63, 3.8) is 0 Å². The lowest BCUT2D eigenvalue weighted by molar-refractivity contribution is -0.136. The molecule has 8 heteroatoms. The lowest BCUT2D eigenvalue weighted by Crippen LogP contribution is -2.30. The summed E-state index contributed by atoms with van der Waals surface area (Å²) in [4.78, 5) is 34.3. The summed E-state index contributed by atoms with van der Waals surface area (Å²) in [7, 11) is 0. The first kappa shape index (κ1) is 16.3. The molecule has 3 N–H and O–H groups in total. The van der Waals surface area contributed by atoms with Crippen molar-refractivity contribution in [2.24, 2.45) is 0 Å². The Hall–Kier alpha value is -2.09. The first-order valence-corrected chi connectivity index (χ1v) is 7.96. The zero-order chi connectivity index (χ0) is 16.1. The van der Waals surface area contributed by atoms with E-state index in [0.717, 1.165) is 18.4 Å². The highest BCUT2D eigenvalue weighted by molar-refractivity contribution is 7.15. The molecule has 7 nitrogen and oxygen atoms in total. The third-order valence-electron chi connectivity index (χ3n) is 3.17. The van der Waals surface area contributed by atoms with Gasteiger partial charge in [0.25, 0.3) is 0 Å². The Bertz CT molecular complexity index is 580. The zero-order valence-corrected chi connectivity index (χ0v) is 13.0. The van der Waals surface area contributed by atoms with Crippen LogP contribution in [0, 0.1) is 0 Å². The van der Waals surface area contributed by atoms with Gasteiger partial charge < -0.3 is 15.2 Å². The van der Waals surface area contributed by atoms with E-state index >= 15 is 0 Å². The maximum absolute atomic E-state index is 12.1. The first-order chi connectivity index (χ1) is 10.5. The van der Waals surface area contributed by atoms with Crippen LogP contribution < -0.4 is 10.6 Å². The number of carbonyl (C=O) groups excluding carboxylic acids is 2. The van der Waals surface area contributed by atoms with Crippen molar-refractivity contribution in [1.29, 1.82) is 0 Å². The highest BCUT2D eigenvalue weighted by atomic mass is 32.1. The van der Waals surface area contributed by atoms with Crippen LogP contribution in [0.25, 0.3) is 0 Å². The lowest BCUT2D eigenvalue weighted by atomic mass is 10.1. The molecule has 0 spiro atoms. The fourth-order valence-corrected chi connectivity index (χ4v) is 3.03. The van der Waals surface area contributed by atoms with E-state index in [1.165, 1.54) is 11.3 Å². The molecule has 1 fully saturated rings. The largest absolute Gasteiger partial charge is 0.481 e. The molecule has 1 aromatic heterocycles. The number of aliphatic carboxylic acids is 1. The number of rotatable bonds is 7. The van der Waals surface area contributed by atoms with Crippen LogP contribution in [0.3, 0.4) is 0 Å². The van der Waals surface area contributed by atoms with Crippen molar-refractivity contribution < 1.29 is 24.2 Å². The standard InChI is InChI=1S/C14H18N2O5S/c1-2-21-13(19)11-9(8-3-4-8)7-22-12(11)16-14(20)15-6-5-10(17)18/h7-8H,2-6H2,1H3,(H,17,18)(H2,15,16,20). The van der Waals surface area contributed by atoms with Crippen molar-refractivity contribution in [3.05, 3.63) is 16.5 Å². The number of carbonyl (C=O) groups is 3. The Morgan fingerprint density at radius 1 is 1.41 bits per heavy atom. The van der Waals surface area contributed by atoms with E-state index in [4.69, 9.17) is 9.84 Å². The summed E-state index contributed by atoms with van der Waals surface area (Å²) in [5, 5.41) is 15.9. The van der Waals surface area contributed by atoms with Gasteiger partial charge in [0.2, 0.25) is 0 Å². The van der Waals surface area contributed by atoms with E-state index in [0.29, 0.717) is 16.5 Å². The summed E-state index contributed by atoms with van der Waals surface area (Å²) in [6, 6.07) is -0.531. The van der Waals surface area contributed by atoms with E-state index in [-0.39, 0.29) is 19.6 Å². The van der Waals surface area contributed by atoms with Gasteiger partial charge in [0.1, 0.15) is 5.00 Å². The van der Waals surface area contributed by atoms with Gasteiger partial charge in [-0.15, -0.1) is 11.3 Å². The number of hydrogen-bond acceptors (Lipinski definition) is 5. The third kappa shape index (κ3) is 4.20. The van der Waals surface area contributed by atoms with Crippen LogP contribution in [0.15, 0.2) is 5.38 Å². The minimum Gasteiger partial charge on any atom is -0.481 e. The topological polar surface area (TPSA) is 105 Å². The maximum Gasteiger partial charge on any atom is 0.341 e. The Balaban J connectivity index is 2.05. The van der Waals surface area contributed by atoms with E-state index in [9.17, 15) is 14.4 Å². The third-order valence-corrected chi connectivity index (χ3v) is 4.08. The fraction of sp³-hybridized carbons (Fsp3) is 0.500. The molecule has 0 aliphatic heterocycles. The SMILES string of the molecule is CCOC(=O)c1c(C2CC2)csc1NC(=O)NCCC(=O)O. The Labute approximate surface area is 131 Å². The predicted octanol–water partition coefficient (Wildman–Crippen LogP) is 2.40. The van der Waals surface area contributed by atoms with Gasteiger partial charge in [0, 0.05) is 6.54 Å². The summed E-state index contributed by atoms with van der Waals surface area (Å²) in [6.07, 6.45) is 1.91. The second kappa shape index (κ2) is 7.26. The Kier molecular flexibility index (Phi) is 5.37. The number of amides is 2. The fourth-order valence-electron chi connectivity index (χ4n) is 2.00. The van der Waals surface area contributed by atoms with Gasteiger partial charge in [-0.2, -0.15) is 0 Å². The molecule has 2 amide bonds. The van der Waals surface area contributed by atoms with E-state index < -0.39 is 18.0 Å². The molecule has 1 aliphatic rings. The number of carboxylic acid groups (broad SMARTS) is 1. The highest BCUT2D eigenvalue weighted by Gasteiger charge is 2.32. The normalized spacial score (nSPS) is 13.5. The molecule has 0 saturated heterocycles. The number of nitrogens with one attached hydrogen (secondary N) is 2. The molecule has 1 aliphatic carbocycles. The van der Waals surface area contributed by atoms with Gasteiger partial charge in [0.05, 0.1) is 18.6 Å². The molecule has 22 heavy (non-hydrogen) atoms. The van der Waals surface area contributed by atoms with Gasteiger partial charge >= 0.3 is 18.0 Å². The number of ether oxygens (including phenoxy) is 1. The van der Waals surface area contributed by atoms with Crippen LogP contribution in [0.5, 0.6) is 0 Å². The summed E-state index contributed by atoms with van der Waals surface area (Å²) in [5.74, 6) is -1.06. The molecule has 2 rings (SSSR count). The highest BCUT2D eigenvalue weighted by Crippen LogP contribution is 2.46. The van der Waals surface area contributed by atoms with Crippen molar-refractivity contribution in [3.8, 4) is 0 Å². The van der Waals surface area contributed by atoms with Crippen molar-refractivity contribution in [2.45, 2.75) is 32.1 Å². The number of esters is 1. The van der Waals surface area contributed by atoms with Gasteiger partial charge in [-0.05, 0) is 36.6 Å². The maximum atomic E-state index is 12.1. The second-order valence-corrected chi connectivity index (χ2v) is 5.79. The van der Waals surface area contributed by atoms with Crippen LogP contribution >= 0.6 is 11.3 Å².